The molecule has 278 valence electrons. The number of anilines is 1. The molecule has 5 aromatic rings. The van der Waals surface area contributed by atoms with E-state index in [-0.39, 0.29) is 12.8 Å². The quantitative estimate of drug-likeness (QED) is 0.0573. The number of allylic oxidation sites excluding steroid dienone is 2. The number of aromatic nitrogens is 1. The third-order valence-electron chi connectivity index (χ3n) is 8.89. The standard InChI is InChI=1S/C39H38Br2N2O8S2/c1-2-27(23-38-42(19-3-5-21-52(44,45)46)34-25-30(11-17-36(34)50-38)28-7-13-32(40)14-8-28)24-39-43(20-4-6-22-53(47,48)49)35-26-31(12-18-37(35)51-39)29-9-15-33(41)16-10-29/h7-18,23-26H,2-6,19-22H2,1H3,(H-,44,45,46,47,48,49)/p-1. The lowest BCUT2D eigenvalue weighted by Crippen LogP contribution is -2.35. The van der Waals surface area contributed by atoms with Crippen molar-refractivity contribution >= 4 is 75.0 Å². The molecule has 1 aliphatic heterocycles. The van der Waals surface area contributed by atoms with Crippen LogP contribution < -0.4 is 14.2 Å². The maximum Gasteiger partial charge on any atom is 0.374 e. The smallest absolute Gasteiger partial charge is 0.374 e. The van der Waals surface area contributed by atoms with Crippen LogP contribution in [0.3, 0.4) is 0 Å². The van der Waals surface area contributed by atoms with Gasteiger partial charge in [-0.15, -0.1) is 0 Å². The van der Waals surface area contributed by atoms with E-state index >= 15 is 0 Å². The highest BCUT2D eigenvalue weighted by Crippen LogP contribution is 2.42. The van der Waals surface area contributed by atoms with Crippen LogP contribution in [0.1, 0.15) is 44.9 Å². The zero-order chi connectivity index (χ0) is 37.8. The third-order valence-corrected chi connectivity index (χ3v) is 11.5. The van der Waals surface area contributed by atoms with Crippen LogP contribution in [-0.2, 0) is 26.8 Å². The maximum absolute atomic E-state index is 11.3. The first-order valence-electron chi connectivity index (χ1n) is 17.1. The molecule has 0 aliphatic carbocycles. The Balaban J connectivity index is 1.37. The lowest BCUT2D eigenvalue weighted by molar-refractivity contribution is -0.678. The summed E-state index contributed by atoms with van der Waals surface area (Å²) >= 11 is 6.98. The average molecular weight is 886 g/mol. The number of halogens is 2. The van der Waals surface area contributed by atoms with Crippen LogP contribution in [0.4, 0.5) is 5.69 Å². The number of aryl methyl sites for hydroxylation is 1. The van der Waals surface area contributed by atoms with Gasteiger partial charge in [-0.3, -0.25) is 0 Å². The molecule has 0 atom stereocenters. The SMILES string of the molecule is CCC(=Cc1oc2ccc(-c3ccc(Br)cc3)cc2[n+]1CCCCS(=O)(=O)[O-])C=C1Oc2ccc(-c3ccc(Br)cc3)cc2N1CCCCS(=O)(=O)[O-]. The van der Waals surface area contributed by atoms with Gasteiger partial charge in [-0.2, -0.15) is 4.57 Å². The van der Waals surface area contributed by atoms with Gasteiger partial charge in [0, 0.05) is 45.6 Å². The fourth-order valence-corrected chi connectivity index (χ4v) is 7.83. The van der Waals surface area contributed by atoms with Gasteiger partial charge in [0.15, 0.2) is 12.3 Å². The van der Waals surface area contributed by atoms with Crippen molar-refractivity contribution in [1.82, 2.24) is 0 Å². The number of hydrogen-bond acceptors (Lipinski definition) is 9. The summed E-state index contributed by atoms with van der Waals surface area (Å²) in [6, 6.07) is 27.8. The minimum atomic E-state index is -4.34. The number of benzene rings is 4. The predicted octanol–water partition coefficient (Wildman–Crippen LogP) is 8.76. The highest BCUT2D eigenvalue weighted by molar-refractivity contribution is 9.10. The van der Waals surface area contributed by atoms with Crippen LogP contribution >= 0.6 is 31.9 Å². The minimum absolute atomic E-state index is 0.211. The molecule has 0 bridgehead atoms. The van der Waals surface area contributed by atoms with Gasteiger partial charge >= 0.3 is 5.89 Å². The number of rotatable bonds is 15. The molecule has 53 heavy (non-hydrogen) atoms. The summed E-state index contributed by atoms with van der Waals surface area (Å²) in [6.45, 7) is 2.85. The summed E-state index contributed by atoms with van der Waals surface area (Å²) in [7, 11) is -8.67. The number of ether oxygens (including phenoxy) is 1. The molecule has 10 nitrogen and oxygen atoms in total. The van der Waals surface area contributed by atoms with Crippen molar-refractivity contribution in [2.24, 2.45) is 0 Å². The summed E-state index contributed by atoms with van der Waals surface area (Å²) in [5.74, 6) is 0.863. The lowest BCUT2D eigenvalue weighted by atomic mass is 10.0. The van der Waals surface area contributed by atoms with Crippen LogP contribution in [0.15, 0.2) is 116 Å². The Morgan fingerprint density at radius 3 is 1.92 bits per heavy atom. The number of fused-ring (bicyclic) bond motifs is 2. The number of unbranched alkanes of at least 4 members (excludes halogenated alkanes) is 2. The van der Waals surface area contributed by atoms with Gasteiger partial charge in [-0.05, 0) is 96.0 Å². The van der Waals surface area contributed by atoms with E-state index in [2.05, 4.69) is 31.9 Å². The minimum Gasteiger partial charge on any atom is -0.748 e. The zero-order valence-corrected chi connectivity index (χ0v) is 33.6. The third kappa shape index (κ3) is 10.3. The van der Waals surface area contributed by atoms with Crippen LogP contribution in [0, 0.1) is 0 Å². The van der Waals surface area contributed by atoms with Crippen molar-refractivity contribution in [3.8, 4) is 28.0 Å². The predicted molar refractivity (Wildman–Crippen MR) is 211 cm³/mol. The summed E-state index contributed by atoms with van der Waals surface area (Å²) in [4.78, 5) is 2.00. The fraction of sp³-hybridized carbons (Fsp3) is 0.256. The molecule has 14 heteroatoms. The van der Waals surface area contributed by atoms with E-state index in [0.717, 1.165) is 48.0 Å². The highest BCUT2D eigenvalue weighted by Gasteiger charge is 2.28. The molecule has 0 radical (unpaired) electrons. The Hall–Kier alpha value is -3.79. The molecule has 1 aromatic heterocycles. The Morgan fingerprint density at radius 1 is 0.755 bits per heavy atom. The molecule has 0 unspecified atom stereocenters. The first kappa shape index (κ1) is 38.9. The van der Waals surface area contributed by atoms with E-state index in [9.17, 15) is 25.9 Å². The van der Waals surface area contributed by atoms with Crippen LogP contribution in [0.25, 0.3) is 39.4 Å². The van der Waals surface area contributed by atoms with Gasteiger partial charge in [-0.25, -0.2) is 16.8 Å². The van der Waals surface area contributed by atoms with E-state index in [4.69, 9.17) is 9.15 Å². The molecule has 6 rings (SSSR count). The summed E-state index contributed by atoms with van der Waals surface area (Å²) < 4.78 is 84.7. The first-order chi connectivity index (χ1) is 25.3. The molecule has 0 saturated heterocycles. The molecule has 2 heterocycles. The Kier molecular flexibility index (Phi) is 12.3. The Labute approximate surface area is 326 Å². The second-order valence-corrected chi connectivity index (χ2v) is 17.6. The van der Waals surface area contributed by atoms with Crippen LogP contribution in [-0.4, -0.2) is 44.0 Å². The molecular formula is C39H37Br2N2O8S2-. The summed E-state index contributed by atoms with van der Waals surface area (Å²) in [5.41, 5.74) is 7.17. The average Bonchev–Trinajstić information content (AvgIpc) is 3.63. The first-order valence-corrected chi connectivity index (χ1v) is 21.9. The monoisotopic (exact) mass is 883 g/mol. The fourth-order valence-electron chi connectivity index (χ4n) is 6.18. The molecule has 4 aromatic carbocycles. The number of hydrogen-bond donors (Lipinski definition) is 0. The maximum atomic E-state index is 11.3. The molecule has 0 fully saturated rings. The van der Waals surface area contributed by atoms with Gasteiger partial charge in [0.1, 0.15) is 0 Å². The normalized spacial score (nSPS) is 14.2. The van der Waals surface area contributed by atoms with Gasteiger partial charge in [0.25, 0.3) is 5.52 Å². The van der Waals surface area contributed by atoms with E-state index in [1.165, 1.54) is 0 Å². The van der Waals surface area contributed by atoms with Crippen molar-refractivity contribution in [2.45, 2.75) is 45.6 Å². The van der Waals surface area contributed by atoms with Gasteiger partial charge < -0.3 is 23.2 Å². The van der Waals surface area contributed by atoms with E-state index in [0.29, 0.717) is 55.5 Å². The molecule has 1 aliphatic rings. The lowest BCUT2D eigenvalue weighted by Gasteiger charge is -2.19. The second-order valence-electron chi connectivity index (χ2n) is 12.7. The molecule has 0 spiro atoms. The number of oxazole rings is 1. The summed E-state index contributed by atoms with van der Waals surface area (Å²) in [6.07, 6.45) is 5.77. The van der Waals surface area contributed by atoms with Gasteiger partial charge in [0.2, 0.25) is 11.5 Å². The van der Waals surface area contributed by atoms with Crippen molar-refractivity contribution in [3.05, 3.63) is 117 Å². The zero-order valence-electron chi connectivity index (χ0n) is 28.8. The van der Waals surface area contributed by atoms with Crippen molar-refractivity contribution in [3.63, 3.8) is 0 Å². The van der Waals surface area contributed by atoms with Gasteiger partial charge in [0.05, 0.1) is 32.0 Å². The molecular weight excluding hydrogens is 848 g/mol. The van der Waals surface area contributed by atoms with Crippen molar-refractivity contribution < 1.29 is 39.7 Å². The van der Waals surface area contributed by atoms with Crippen LogP contribution in [0.5, 0.6) is 5.75 Å². The second kappa shape index (κ2) is 16.7. The van der Waals surface area contributed by atoms with Crippen molar-refractivity contribution in [2.75, 3.05) is 23.0 Å². The molecule has 0 amide bonds. The largest absolute Gasteiger partial charge is 0.748 e. The van der Waals surface area contributed by atoms with E-state index in [1.54, 1.807) is 0 Å². The highest BCUT2D eigenvalue weighted by atomic mass is 79.9. The number of nitrogens with zero attached hydrogens (tertiary/aromatic N) is 2. The molecule has 0 N–H and O–H groups in total. The summed E-state index contributed by atoms with van der Waals surface area (Å²) in [5, 5.41) is 0. The Bertz CT molecular complexity index is 2390. The van der Waals surface area contributed by atoms with E-state index in [1.807, 2.05) is 113 Å². The van der Waals surface area contributed by atoms with Crippen molar-refractivity contribution in [1.29, 1.82) is 0 Å². The Morgan fingerprint density at radius 2 is 1.32 bits per heavy atom. The topological polar surface area (TPSA) is 144 Å². The van der Waals surface area contributed by atoms with E-state index < -0.39 is 31.7 Å². The van der Waals surface area contributed by atoms with Crippen LogP contribution in [0.2, 0.25) is 0 Å². The van der Waals surface area contributed by atoms with Gasteiger partial charge in [-0.1, -0.05) is 75.2 Å². The molecule has 0 saturated carbocycles.